The Kier molecular flexibility index (Phi) is 4.38. The Bertz CT molecular complexity index is 421. The van der Waals surface area contributed by atoms with Crippen LogP contribution in [0.3, 0.4) is 0 Å². The predicted octanol–water partition coefficient (Wildman–Crippen LogP) is -0.826. The zero-order valence-electron chi connectivity index (χ0n) is 10.5. The molecule has 0 radical (unpaired) electrons. The van der Waals surface area contributed by atoms with Crippen molar-refractivity contribution in [2.45, 2.75) is 37.6 Å². The molecule has 1 aromatic carbocycles. The van der Waals surface area contributed by atoms with Gasteiger partial charge in [-0.25, -0.2) is 0 Å². The van der Waals surface area contributed by atoms with Crippen LogP contribution in [0.4, 0.5) is 0 Å². The van der Waals surface area contributed by atoms with Crippen LogP contribution < -0.4 is 4.74 Å². The average molecular weight is 270 g/mol. The van der Waals surface area contributed by atoms with E-state index in [1.54, 1.807) is 12.1 Å². The number of ether oxygens (including phenoxy) is 2. The zero-order chi connectivity index (χ0) is 14.0. The van der Waals surface area contributed by atoms with Crippen LogP contribution in [-0.2, 0) is 4.74 Å². The molecule has 19 heavy (non-hydrogen) atoms. The first kappa shape index (κ1) is 14.2. The molecular formula is C13H18O6. The monoisotopic (exact) mass is 270 g/mol. The molecule has 1 aliphatic rings. The predicted molar refractivity (Wildman–Crippen MR) is 65.6 cm³/mol. The highest BCUT2D eigenvalue weighted by Gasteiger charge is 2.44. The molecule has 5 atom stereocenters. The molecule has 1 saturated heterocycles. The molecule has 0 spiro atoms. The Morgan fingerprint density at radius 3 is 2.42 bits per heavy atom. The minimum Gasteiger partial charge on any atom is -0.462 e. The van der Waals surface area contributed by atoms with Gasteiger partial charge in [0.05, 0.1) is 6.61 Å². The molecule has 0 saturated carbocycles. The van der Waals surface area contributed by atoms with Crippen LogP contribution in [0.1, 0.15) is 5.56 Å². The second kappa shape index (κ2) is 5.85. The average Bonchev–Trinajstić information content (AvgIpc) is 2.41. The van der Waals surface area contributed by atoms with Gasteiger partial charge in [0, 0.05) is 0 Å². The Morgan fingerprint density at radius 1 is 1.11 bits per heavy atom. The molecule has 1 heterocycles. The van der Waals surface area contributed by atoms with Gasteiger partial charge < -0.3 is 29.9 Å². The zero-order valence-corrected chi connectivity index (χ0v) is 10.5. The minimum atomic E-state index is -1.43. The molecule has 6 heteroatoms. The number of aliphatic hydroxyl groups is 4. The molecule has 0 unspecified atom stereocenters. The molecular weight excluding hydrogens is 252 g/mol. The van der Waals surface area contributed by atoms with E-state index in [2.05, 4.69) is 0 Å². The number of aryl methyl sites for hydroxylation is 1. The lowest BCUT2D eigenvalue weighted by atomic mass is 9.99. The third-order valence-corrected chi connectivity index (χ3v) is 3.19. The Balaban J connectivity index is 2.13. The van der Waals surface area contributed by atoms with Gasteiger partial charge in [0.2, 0.25) is 6.29 Å². The second-order valence-corrected chi connectivity index (χ2v) is 4.58. The van der Waals surface area contributed by atoms with Crippen LogP contribution in [0.15, 0.2) is 24.3 Å². The summed E-state index contributed by atoms with van der Waals surface area (Å²) >= 11 is 0. The lowest BCUT2D eigenvalue weighted by Gasteiger charge is -2.39. The molecule has 4 N–H and O–H groups in total. The van der Waals surface area contributed by atoms with Crippen molar-refractivity contribution in [2.24, 2.45) is 0 Å². The van der Waals surface area contributed by atoms with Gasteiger partial charge in [0.1, 0.15) is 30.2 Å². The van der Waals surface area contributed by atoms with Crippen molar-refractivity contribution in [1.29, 1.82) is 0 Å². The fraction of sp³-hybridized carbons (Fsp3) is 0.538. The molecule has 0 bridgehead atoms. The number of aliphatic hydroxyl groups excluding tert-OH is 4. The topological polar surface area (TPSA) is 99.4 Å². The highest BCUT2D eigenvalue weighted by Crippen LogP contribution is 2.25. The maximum absolute atomic E-state index is 9.83. The van der Waals surface area contributed by atoms with Crippen LogP contribution in [0.2, 0.25) is 0 Å². The highest BCUT2D eigenvalue weighted by molar-refractivity contribution is 5.31. The van der Waals surface area contributed by atoms with Crippen molar-refractivity contribution in [1.82, 2.24) is 0 Å². The van der Waals surface area contributed by atoms with Gasteiger partial charge in [-0.15, -0.1) is 0 Å². The molecule has 0 amide bonds. The van der Waals surface area contributed by atoms with E-state index >= 15 is 0 Å². The second-order valence-electron chi connectivity index (χ2n) is 4.58. The van der Waals surface area contributed by atoms with E-state index < -0.39 is 37.3 Å². The summed E-state index contributed by atoms with van der Waals surface area (Å²) < 4.78 is 10.8. The van der Waals surface area contributed by atoms with Crippen LogP contribution in [0.25, 0.3) is 0 Å². The fourth-order valence-electron chi connectivity index (χ4n) is 1.98. The summed E-state index contributed by atoms with van der Waals surface area (Å²) in [5, 5.41) is 38.2. The molecule has 1 aliphatic heterocycles. The molecule has 1 aromatic rings. The van der Waals surface area contributed by atoms with Crippen molar-refractivity contribution >= 4 is 0 Å². The Hall–Kier alpha value is -1.18. The smallest absolute Gasteiger partial charge is 0.229 e. The maximum atomic E-state index is 9.83. The van der Waals surface area contributed by atoms with Gasteiger partial charge in [-0.1, -0.05) is 18.2 Å². The first-order valence-corrected chi connectivity index (χ1v) is 6.07. The minimum absolute atomic E-state index is 0.474. The van der Waals surface area contributed by atoms with E-state index in [1.807, 2.05) is 19.1 Å². The van der Waals surface area contributed by atoms with Crippen molar-refractivity contribution in [3.8, 4) is 5.75 Å². The van der Waals surface area contributed by atoms with Crippen LogP contribution >= 0.6 is 0 Å². The molecule has 0 aromatic heterocycles. The Labute approximate surface area is 110 Å². The van der Waals surface area contributed by atoms with Crippen molar-refractivity contribution in [3.05, 3.63) is 29.8 Å². The van der Waals surface area contributed by atoms with Crippen LogP contribution in [-0.4, -0.2) is 57.7 Å². The lowest BCUT2D eigenvalue weighted by molar-refractivity contribution is -0.277. The summed E-state index contributed by atoms with van der Waals surface area (Å²) in [6, 6.07) is 7.15. The quantitative estimate of drug-likeness (QED) is 0.572. The first-order valence-electron chi connectivity index (χ1n) is 6.07. The van der Waals surface area contributed by atoms with Gasteiger partial charge >= 0.3 is 0 Å². The van der Waals surface area contributed by atoms with Gasteiger partial charge in [0.15, 0.2) is 0 Å². The summed E-state index contributed by atoms with van der Waals surface area (Å²) in [6.45, 7) is 1.36. The van der Waals surface area contributed by atoms with Gasteiger partial charge in [-0.2, -0.15) is 0 Å². The van der Waals surface area contributed by atoms with E-state index in [-0.39, 0.29) is 0 Å². The summed E-state index contributed by atoms with van der Waals surface area (Å²) in [7, 11) is 0. The number of para-hydroxylation sites is 1. The normalized spacial score (nSPS) is 35.1. The molecule has 2 rings (SSSR count). The van der Waals surface area contributed by atoms with Gasteiger partial charge in [-0.05, 0) is 18.6 Å². The standard InChI is InChI=1S/C13H18O6/c1-7-4-2-3-5-8(7)18-13-12(17)11(16)10(15)9(6-14)19-13/h2-5,9-17H,6H2,1H3/t9-,10-,11+,12-,13-/m1/s1. The largest absolute Gasteiger partial charge is 0.462 e. The van der Waals surface area contributed by atoms with E-state index in [9.17, 15) is 15.3 Å². The molecule has 0 aliphatic carbocycles. The summed E-state index contributed by atoms with van der Waals surface area (Å²) in [5.74, 6) is 0.506. The third-order valence-electron chi connectivity index (χ3n) is 3.19. The number of hydrogen-bond donors (Lipinski definition) is 4. The van der Waals surface area contributed by atoms with E-state index in [0.29, 0.717) is 5.75 Å². The summed E-state index contributed by atoms with van der Waals surface area (Å²) in [5.41, 5.74) is 0.847. The van der Waals surface area contributed by atoms with E-state index in [1.165, 1.54) is 0 Å². The first-order chi connectivity index (χ1) is 9.04. The molecule has 106 valence electrons. The number of rotatable bonds is 3. The highest BCUT2D eigenvalue weighted by atomic mass is 16.7. The van der Waals surface area contributed by atoms with Crippen LogP contribution in [0, 0.1) is 6.92 Å². The molecule has 6 nitrogen and oxygen atoms in total. The van der Waals surface area contributed by atoms with Gasteiger partial charge in [-0.3, -0.25) is 0 Å². The third kappa shape index (κ3) is 2.88. The maximum Gasteiger partial charge on any atom is 0.229 e. The summed E-state index contributed by atoms with van der Waals surface area (Å²) in [6.07, 6.45) is -6.31. The van der Waals surface area contributed by atoms with Gasteiger partial charge in [0.25, 0.3) is 0 Å². The van der Waals surface area contributed by atoms with Crippen molar-refractivity contribution in [2.75, 3.05) is 6.61 Å². The van der Waals surface area contributed by atoms with Crippen LogP contribution in [0.5, 0.6) is 5.75 Å². The van der Waals surface area contributed by atoms with Crippen molar-refractivity contribution in [3.63, 3.8) is 0 Å². The number of hydrogen-bond acceptors (Lipinski definition) is 6. The fourth-order valence-corrected chi connectivity index (χ4v) is 1.98. The number of benzene rings is 1. The lowest BCUT2D eigenvalue weighted by Crippen LogP contribution is -2.60. The van der Waals surface area contributed by atoms with E-state index in [0.717, 1.165) is 5.56 Å². The van der Waals surface area contributed by atoms with E-state index in [4.69, 9.17) is 14.6 Å². The SMILES string of the molecule is Cc1ccccc1O[C@@H]1O[C@H](CO)[C@@H](O)[C@H](O)[C@H]1O. The Morgan fingerprint density at radius 2 is 1.79 bits per heavy atom. The van der Waals surface area contributed by atoms with Crippen molar-refractivity contribution < 1.29 is 29.9 Å². The summed E-state index contributed by atoms with van der Waals surface area (Å²) in [4.78, 5) is 0. The molecule has 1 fully saturated rings.